The fourth-order valence-electron chi connectivity index (χ4n) is 3.16. The molecule has 0 spiro atoms. The van der Waals surface area contributed by atoms with Gasteiger partial charge < -0.3 is 9.64 Å². The van der Waals surface area contributed by atoms with Gasteiger partial charge in [0.15, 0.2) is 0 Å². The van der Waals surface area contributed by atoms with Gasteiger partial charge in [0.25, 0.3) is 0 Å². The summed E-state index contributed by atoms with van der Waals surface area (Å²) in [7, 11) is -3.60. The van der Waals surface area contributed by atoms with Crippen molar-refractivity contribution in [3.05, 3.63) is 53.6 Å². The van der Waals surface area contributed by atoms with E-state index in [-0.39, 0.29) is 17.3 Å². The van der Waals surface area contributed by atoms with E-state index in [4.69, 9.17) is 4.74 Å². The molecule has 1 amide bonds. The first-order chi connectivity index (χ1) is 12.9. The van der Waals surface area contributed by atoms with E-state index in [1.165, 1.54) is 12.1 Å². The van der Waals surface area contributed by atoms with Crippen LogP contribution in [0.2, 0.25) is 0 Å². The zero-order chi connectivity index (χ0) is 19.4. The van der Waals surface area contributed by atoms with Crippen LogP contribution in [0.1, 0.15) is 31.4 Å². The second kappa shape index (κ2) is 8.10. The van der Waals surface area contributed by atoms with Gasteiger partial charge in [-0.1, -0.05) is 19.1 Å². The predicted molar refractivity (Wildman–Crippen MR) is 104 cm³/mol. The first-order valence-electron chi connectivity index (χ1n) is 9.09. The standard InChI is InChI=1S/C20H24N2O4S/c1-3-20(23)22-12-11-16-13-15(5-10-19(16)22)14-21-27(24,25)18-8-6-17(7-9-18)26-4-2/h5-10,13,21H,3-4,11-12,14H2,1-2H3. The zero-order valence-corrected chi connectivity index (χ0v) is 16.4. The highest BCUT2D eigenvalue weighted by atomic mass is 32.2. The Balaban J connectivity index is 1.68. The molecule has 0 atom stereocenters. The molecule has 27 heavy (non-hydrogen) atoms. The second-order valence-electron chi connectivity index (χ2n) is 6.34. The molecule has 0 bridgehead atoms. The number of anilines is 1. The molecule has 3 rings (SSSR count). The number of sulfonamides is 1. The average Bonchev–Trinajstić information content (AvgIpc) is 3.10. The van der Waals surface area contributed by atoms with E-state index in [2.05, 4.69) is 4.72 Å². The number of ether oxygens (including phenoxy) is 1. The lowest BCUT2D eigenvalue weighted by atomic mass is 10.1. The normalized spacial score (nSPS) is 13.5. The molecule has 1 aliphatic heterocycles. The topological polar surface area (TPSA) is 75.7 Å². The maximum atomic E-state index is 12.5. The first-order valence-corrected chi connectivity index (χ1v) is 10.6. The van der Waals surface area contributed by atoms with Gasteiger partial charge in [-0.15, -0.1) is 0 Å². The van der Waals surface area contributed by atoms with Crippen molar-refractivity contribution in [1.82, 2.24) is 4.72 Å². The van der Waals surface area contributed by atoms with Crippen LogP contribution in [0.3, 0.4) is 0 Å². The van der Waals surface area contributed by atoms with E-state index < -0.39 is 10.0 Å². The molecular weight excluding hydrogens is 364 g/mol. The van der Waals surface area contributed by atoms with Gasteiger partial charge in [0.05, 0.1) is 11.5 Å². The highest BCUT2D eigenvalue weighted by molar-refractivity contribution is 7.89. The van der Waals surface area contributed by atoms with Gasteiger partial charge in [-0.3, -0.25) is 4.79 Å². The molecule has 1 heterocycles. The Morgan fingerprint density at radius 3 is 2.56 bits per heavy atom. The van der Waals surface area contributed by atoms with Crippen LogP contribution in [0.4, 0.5) is 5.69 Å². The van der Waals surface area contributed by atoms with Crippen LogP contribution in [0.15, 0.2) is 47.4 Å². The van der Waals surface area contributed by atoms with E-state index in [9.17, 15) is 13.2 Å². The highest BCUT2D eigenvalue weighted by Gasteiger charge is 2.23. The molecule has 0 fully saturated rings. The molecule has 0 radical (unpaired) electrons. The van der Waals surface area contributed by atoms with Crippen molar-refractivity contribution >= 4 is 21.6 Å². The summed E-state index contributed by atoms with van der Waals surface area (Å²) in [6.07, 6.45) is 1.27. The van der Waals surface area contributed by atoms with Gasteiger partial charge in [-0.25, -0.2) is 13.1 Å². The second-order valence-corrected chi connectivity index (χ2v) is 8.11. The average molecular weight is 388 g/mol. The number of carbonyl (C=O) groups is 1. The van der Waals surface area contributed by atoms with Gasteiger partial charge >= 0.3 is 0 Å². The van der Waals surface area contributed by atoms with E-state index in [0.29, 0.717) is 25.3 Å². The summed E-state index contributed by atoms with van der Waals surface area (Å²) in [5.74, 6) is 0.749. The van der Waals surface area contributed by atoms with Crippen molar-refractivity contribution < 1.29 is 17.9 Å². The van der Waals surface area contributed by atoms with Crippen molar-refractivity contribution in [1.29, 1.82) is 0 Å². The maximum absolute atomic E-state index is 12.5. The Morgan fingerprint density at radius 2 is 1.89 bits per heavy atom. The number of rotatable bonds is 7. The summed E-state index contributed by atoms with van der Waals surface area (Å²) in [4.78, 5) is 14.0. The minimum absolute atomic E-state index is 0.109. The SMILES string of the molecule is CCOc1ccc(S(=O)(=O)NCc2ccc3c(c2)CCN3C(=O)CC)cc1. The predicted octanol–water partition coefficient (Wildman–Crippen LogP) is 2.86. The van der Waals surface area contributed by atoms with Gasteiger partial charge in [0.1, 0.15) is 5.75 Å². The number of benzene rings is 2. The summed E-state index contributed by atoms with van der Waals surface area (Å²) in [6.45, 7) is 5.14. The number of fused-ring (bicyclic) bond motifs is 1. The number of carbonyl (C=O) groups excluding carboxylic acids is 1. The van der Waals surface area contributed by atoms with E-state index in [0.717, 1.165) is 23.2 Å². The van der Waals surface area contributed by atoms with Crippen LogP contribution in [0.5, 0.6) is 5.75 Å². The van der Waals surface area contributed by atoms with Crippen molar-refractivity contribution in [2.24, 2.45) is 0 Å². The van der Waals surface area contributed by atoms with Crippen LogP contribution in [-0.2, 0) is 27.8 Å². The lowest BCUT2D eigenvalue weighted by Crippen LogP contribution is -2.27. The zero-order valence-electron chi connectivity index (χ0n) is 15.6. The monoisotopic (exact) mass is 388 g/mol. The highest BCUT2D eigenvalue weighted by Crippen LogP contribution is 2.29. The Kier molecular flexibility index (Phi) is 5.82. The summed E-state index contributed by atoms with van der Waals surface area (Å²) in [5.41, 5.74) is 2.88. The maximum Gasteiger partial charge on any atom is 0.240 e. The van der Waals surface area contributed by atoms with Crippen LogP contribution in [0.25, 0.3) is 0 Å². The van der Waals surface area contributed by atoms with Crippen molar-refractivity contribution in [3.63, 3.8) is 0 Å². The molecule has 0 aromatic heterocycles. The van der Waals surface area contributed by atoms with Gasteiger partial charge in [-0.2, -0.15) is 0 Å². The molecule has 1 aliphatic rings. The fraction of sp³-hybridized carbons (Fsp3) is 0.350. The largest absolute Gasteiger partial charge is 0.494 e. The summed E-state index contributed by atoms with van der Waals surface area (Å²) in [5, 5.41) is 0. The molecule has 2 aromatic rings. The Morgan fingerprint density at radius 1 is 1.15 bits per heavy atom. The van der Waals surface area contributed by atoms with Crippen molar-refractivity contribution in [2.75, 3.05) is 18.1 Å². The third-order valence-corrected chi connectivity index (χ3v) is 5.97. The van der Waals surface area contributed by atoms with Crippen LogP contribution in [-0.4, -0.2) is 27.5 Å². The molecule has 7 heteroatoms. The summed E-state index contributed by atoms with van der Waals surface area (Å²) >= 11 is 0. The van der Waals surface area contributed by atoms with E-state index in [1.807, 2.05) is 32.0 Å². The molecule has 6 nitrogen and oxygen atoms in total. The van der Waals surface area contributed by atoms with E-state index in [1.54, 1.807) is 17.0 Å². The number of nitrogens with zero attached hydrogens (tertiary/aromatic N) is 1. The number of nitrogens with one attached hydrogen (secondary N) is 1. The molecule has 0 unspecified atom stereocenters. The third kappa shape index (κ3) is 4.31. The molecule has 0 saturated heterocycles. The lowest BCUT2D eigenvalue weighted by molar-refractivity contribution is -0.118. The summed E-state index contributed by atoms with van der Waals surface area (Å²) < 4.78 is 32.9. The van der Waals surface area contributed by atoms with Gasteiger partial charge in [0.2, 0.25) is 15.9 Å². The summed E-state index contributed by atoms with van der Waals surface area (Å²) in [6, 6.07) is 12.1. The van der Waals surface area contributed by atoms with Crippen LogP contribution < -0.4 is 14.4 Å². The van der Waals surface area contributed by atoms with Crippen LogP contribution >= 0.6 is 0 Å². The smallest absolute Gasteiger partial charge is 0.240 e. The fourth-order valence-corrected chi connectivity index (χ4v) is 4.18. The molecule has 2 aromatic carbocycles. The molecule has 144 valence electrons. The number of hydrogen-bond acceptors (Lipinski definition) is 4. The van der Waals surface area contributed by atoms with Gasteiger partial charge in [-0.05, 0) is 54.8 Å². The third-order valence-electron chi connectivity index (χ3n) is 4.55. The van der Waals surface area contributed by atoms with Crippen LogP contribution in [0, 0.1) is 0 Å². The van der Waals surface area contributed by atoms with Gasteiger partial charge in [0, 0.05) is 25.2 Å². The lowest BCUT2D eigenvalue weighted by Gasteiger charge is -2.16. The Labute approximate surface area is 160 Å². The molecular formula is C20H24N2O4S. The number of amides is 1. The Hall–Kier alpha value is -2.38. The van der Waals surface area contributed by atoms with Crippen molar-refractivity contribution in [3.8, 4) is 5.75 Å². The minimum Gasteiger partial charge on any atom is -0.494 e. The first kappa shape index (κ1) is 19.4. The molecule has 1 N–H and O–H groups in total. The number of hydrogen-bond donors (Lipinski definition) is 1. The quantitative estimate of drug-likeness (QED) is 0.791. The van der Waals surface area contributed by atoms with Crippen molar-refractivity contribution in [2.45, 2.75) is 38.1 Å². The van der Waals surface area contributed by atoms with E-state index >= 15 is 0 Å². The minimum atomic E-state index is -3.60. The molecule has 0 aliphatic carbocycles. The molecule has 0 saturated carbocycles. The Bertz CT molecular complexity index is 923.